The smallest absolute Gasteiger partial charge is 0.142 e. The quantitative estimate of drug-likeness (QED) is 0.149. The second kappa shape index (κ2) is 20.7. The maximum atomic E-state index is 12.4. The summed E-state index contributed by atoms with van der Waals surface area (Å²) in [6.45, 7) is 13.8. The van der Waals surface area contributed by atoms with Gasteiger partial charge in [-0.2, -0.15) is 0 Å². The topological polar surface area (TPSA) is 0 Å². The molecule has 240 valence electrons. The Labute approximate surface area is 296 Å². The zero-order chi connectivity index (χ0) is 34.3. The number of aryl methyl sites for hydroxylation is 7. The third-order valence-corrected chi connectivity index (χ3v) is 8.03. The fourth-order valence-corrected chi connectivity index (χ4v) is 4.35. The van der Waals surface area contributed by atoms with Gasteiger partial charge in [0.2, 0.25) is 0 Å². The summed E-state index contributed by atoms with van der Waals surface area (Å²) in [4.78, 5) is 0. The molecule has 0 radical (unpaired) electrons. The molecule has 5 aromatic rings. The van der Waals surface area contributed by atoms with Crippen LogP contribution in [0.1, 0.15) is 38.9 Å². The summed E-state index contributed by atoms with van der Waals surface area (Å²) in [7, 11) is 0. The zero-order valence-corrected chi connectivity index (χ0v) is 30.7. The standard InChI is InChI=1S/2C8H9Cl.C7H6Cl2.2C7H6ClF/c1-6-3-4-8(9)7(2)5-6;1-6-3-4-7(2)8(9)5-6;1-5-2-3-6(8)7(9)4-5;1-5-2-3-7(9)6(8)4-5;1-5-2-3-6(8)7(9)4-5/h2*3-5H,1-2H3;3*2-4H,1H3. The molecule has 0 fully saturated rings. The molecule has 0 heterocycles. The Kier molecular flexibility index (Phi) is 18.8. The molecule has 0 spiro atoms. The molecule has 0 N–H and O–H groups in total. The molecule has 0 amide bonds. The van der Waals surface area contributed by atoms with Crippen molar-refractivity contribution < 1.29 is 8.78 Å². The summed E-state index contributed by atoms with van der Waals surface area (Å²) < 4.78 is 24.8. The first kappa shape index (κ1) is 40.7. The van der Waals surface area contributed by atoms with E-state index in [4.69, 9.17) is 69.6 Å². The van der Waals surface area contributed by atoms with Gasteiger partial charge in [-0.25, -0.2) is 8.78 Å². The first-order chi connectivity index (χ1) is 21.0. The molecular weight excluding hydrogens is 695 g/mol. The molecule has 0 atom stereocenters. The number of hydrogen-bond acceptors (Lipinski definition) is 0. The average Bonchev–Trinajstić information content (AvgIpc) is 2.97. The minimum absolute atomic E-state index is 0.181. The second-order valence-electron chi connectivity index (χ2n) is 10.3. The molecule has 45 heavy (non-hydrogen) atoms. The van der Waals surface area contributed by atoms with Crippen molar-refractivity contribution in [3.05, 3.63) is 172 Å². The maximum Gasteiger partial charge on any atom is 0.142 e. The van der Waals surface area contributed by atoms with E-state index in [1.165, 1.54) is 23.3 Å². The Morgan fingerprint density at radius 2 is 0.711 bits per heavy atom. The van der Waals surface area contributed by atoms with Crippen LogP contribution in [0.2, 0.25) is 30.1 Å². The molecule has 0 aliphatic heterocycles. The highest BCUT2D eigenvalue weighted by atomic mass is 35.5. The highest BCUT2D eigenvalue weighted by molar-refractivity contribution is 6.42. The van der Waals surface area contributed by atoms with Crippen LogP contribution < -0.4 is 0 Å². The van der Waals surface area contributed by atoms with Gasteiger partial charge in [-0.1, -0.05) is 118 Å². The van der Waals surface area contributed by atoms with E-state index >= 15 is 0 Å². The van der Waals surface area contributed by atoms with Crippen LogP contribution in [-0.4, -0.2) is 0 Å². The molecule has 0 aliphatic rings. The van der Waals surface area contributed by atoms with Gasteiger partial charge >= 0.3 is 0 Å². The van der Waals surface area contributed by atoms with Crippen molar-refractivity contribution in [2.75, 3.05) is 0 Å². The molecule has 0 aromatic heterocycles. The van der Waals surface area contributed by atoms with Crippen molar-refractivity contribution in [1.82, 2.24) is 0 Å². The molecule has 0 unspecified atom stereocenters. The van der Waals surface area contributed by atoms with Crippen molar-refractivity contribution in [3.8, 4) is 0 Å². The summed E-state index contributed by atoms with van der Waals surface area (Å²) in [6.07, 6.45) is 0. The van der Waals surface area contributed by atoms with Crippen LogP contribution in [0, 0.1) is 60.1 Å². The minimum atomic E-state index is -0.359. The maximum absolute atomic E-state index is 12.4. The van der Waals surface area contributed by atoms with Crippen LogP contribution in [-0.2, 0) is 0 Å². The Bertz CT molecular complexity index is 1380. The molecule has 5 aromatic carbocycles. The van der Waals surface area contributed by atoms with E-state index in [9.17, 15) is 8.78 Å². The Balaban J connectivity index is 0.000000281. The molecule has 0 bridgehead atoms. The van der Waals surface area contributed by atoms with Crippen LogP contribution >= 0.6 is 69.6 Å². The van der Waals surface area contributed by atoms with Crippen molar-refractivity contribution in [3.63, 3.8) is 0 Å². The van der Waals surface area contributed by atoms with E-state index in [0.29, 0.717) is 10.0 Å². The van der Waals surface area contributed by atoms with Crippen LogP contribution in [0.4, 0.5) is 8.78 Å². The van der Waals surface area contributed by atoms with Crippen molar-refractivity contribution in [2.24, 2.45) is 0 Å². The number of hydrogen-bond donors (Lipinski definition) is 0. The zero-order valence-electron chi connectivity index (χ0n) is 26.2. The van der Waals surface area contributed by atoms with E-state index in [-0.39, 0.29) is 21.7 Å². The average molecular weight is 731 g/mol. The number of halogens is 8. The predicted molar refractivity (Wildman–Crippen MR) is 195 cm³/mol. The van der Waals surface area contributed by atoms with Gasteiger partial charge in [0.15, 0.2) is 0 Å². The van der Waals surface area contributed by atoms with E-state index < -0.39 is 0 Å². The van der Waals surface area contributed by atoms with Crippen LogP contribution in [0.5, 0.6) is 0 Å². The first-order valence-electron chi connectivity index (χ1n) is 13.7. The molecule has 8 heteroatoms. The second-order valence-corrected chi connectivity index (χ2v) is 12.7. The lowest BCUT2D eigenvalue weighted by molar-refractivity contribution is 0.627. The van der Waals surface area contributed by atoms with Gasteiger partial charge in [0, 0.05) is 10.0 Å². The number of benzene rings is 5. The van der Waals surface area contributed by atoms with Crippen molar-refractivity contribution >= 4 is 69.6 Å². The van der Waals surface area contributed by atoms with Gasteiger partial charge < -0.3 is 0 Å². The molecule has 0 saturated heterocycles. The van der Waals surface area contributed by atoms with Gasteiger partial charge in [-0.15, -0.1) is 0 Å². The van der Waals surface area contributed by atoms with Gasteiger partial charge in [-0.3, -0.25) is 0 Å². The van der Waals surface area contributed by atoms with Gasteiger partial charge in [0.25, 0.3) is 0 Å². The first-order valence-corrected chi connectivity index (χ1v) is 16.0. The van der Waals surface area contributed by atoms with Crippen LogP contribution in [0.15, 0.2) is 91.0 Å². The lowest BCUT2D eigenvalue weighted by Crippen LogP contribution is -1.76. The Hall–Kier alpha value is -2.30. The SMILES string of the molecule is Cc1ccc(C)c(Cl)c1.Cc1ccc(Cl)c(C)c1.Cc1ccc(Cl)c(Cl)c1.Cc1ccc(Cl)c(F)c1.Cc1ccc(F)c(Cl)c1. The lowest BCUT2D eigenvalue weighted by atomic mass is 10.2. The van der Waals surface area contributed by atoms with Crippen molar-refractivity contribution in [2.45, 2.75) is 48.5 Å². The van der Waals surface area contributed by atoms with E-state index in [1.807, 2.05) is 77.9 Å². The lowest BCUT2D eigenvalue weighted by Gasteiger charge is -1.96. The van der Waals surface area contributed by atoms with E-state index in [0.717, 1.165) is 37.9 Å². The normalized spacial score (nSPS) is 9.67. The Morgan fingerprint density at radius 3 is 1.07 bits per heavy atom. The highest BCUT2D eigenvalue weighted by Gasteiger charge is 1.97. The fraction of sp³-hybridized carbons (Fsp3) is 0.189. The van der Waals surface area contributed by atoms with Crippen molar-refractivity contribution in [1.29, 1.82) is 0 Å². The predicted octanol–water partition coefficient (Wildman–Crippen LogP) is 14.8. The summed E-state index contributed by atoms with van der Waals surface area (Å²) in [5.41, 5.74) is 7.75. The molecule has 5 rings (SSSR count). The summed E-state index contributed by atoms with van der Waals surface area (Å²) in [6, 6.07) is 27.0. The van der Waals surface area contributed by atoms with E-state index in [1.54, 1.807) is 30.3 Å². The van der Waals surface area contributed by atoms with Crippen LogP contribution in [0.25, 0.3) is 0 Å². The third-order valence-electron chi connectivity index (χ3n) is 5.87. The molecule has 0 nitrogen and oxygen atoms in total. The largest absolute Gasteiger partial charge is 0.205 e. The molecule has 0 aliphatic carbocycles. The summed E-state index contributed by atoms with van der Waals surface area (Å²) in [5, 5.41) is 3.31. The van der Waals surface area contributed by atoms with Crippen LogP contribution in [0.3, 0.4) is 0 Å². The highest BCUT2D eigenvalue weighted by Crippen LogP contribution is 2.22. The summed E-state index contributed by atoms with van der Waals surface area (Å²) >= 11 is 33.8. The monoisotopic (exact) mass is 728 g/mol. The van der Waals surface area contributed by atoms with E-state index in [2.05, 4.69) is 19.1 Å². The Morgan fingerprint density at radius 1 is 0.311 bits per heavy atom. The van der Waals surface area contributed by atoms with Gasteiger partial charge in [-0.05, 0) is 130 Å². The summed E-state index contributed by atoms with van der Waals surface area (Å²) in [5.74, 6) is -0.709. The number of rotatable bonds is 0. The third kappa shape index (κ3) is 16.7. The molecular formula is C37H36Cl6F2. The fourth-order valence-electron chi connectivity index (χ4n) is 3.30. The van der Waals surface area contributed by atoms with Gasteiger partial charge in [0.05, 0.1) is 20.1 Å². The molecule has 0 saturated carbocycles. The minimum Gasteiger partial charge on any atom is -0.205 e. The van der Waals surface area contributed by atoms with Gasteiger partial charge in [0.1, 0.15) is 11.6 Å².